The highest BCUT2D eigenvalue weighted by Crippen LogP contribution is 2.30. The molecule has 0 radical (unpaired) electrons. The number of aromatic nitrogens is 1. The molecule has 0 saturated heterocycles. The van der Waals surface area contributed by atoms with E-state index in [9.17, 15) is 4.79 Å². The smallest absolute Gasteiger partial charge is 0.197 e. The molecule has 4 heteroatoms. The van der Waals surface area contributed by atoms with E-state index in [4.69, 9.17) is 16.3 Å². The van der Waals surface area contributed by atoms with Crippen LogP contribution in [0.2, 0.25) is 5.02 Å². The number of ether oxygens (including phenoxy) is 1. The molecule has 0 saturated carbocycles. The van der Waals surface area contributed by atoms with Gasteiger partial charge in [-0.25, -0.2) is 4.98 Å². The number of carbonyl (C=O) groups is 1. The Balaban J connectivity index is 1.51. The van der Waals surface area contributed by atoms with E-state index in [0.717, 1.165) is 27.7 Å². The van der Waals surface area contributed by atoms with Gasteiger partial charge in [-0.3, -0.25) is 4.79 Å². The molecule has 1 aliphatic rings. The number of pyridine rings is 1. The summed E-state index contributed by atoms with van der Waals surface area (Å²) < 4.78 is 5.85. The van der Waals surface area contributed by atoms with Gasteiger partial charge in [-0.05, 0) is 35.9 Å². The van der Waals surface area contributed by atoms with Crippen molar-refractivity contribution in [3.05, 3.63) is 106 Å². The van der Waals surface area contributed by atoms with Gasteiger partial charge in [0, 0.05) is 16.5 Å². The average molecular weight is 398 g/mol. The van der Waals surface area contributed by atoms with Crippen molar-refractivity contribution in [1.82, 2.24) is 4.98 Å². The Labute approximate surface area is 173 Å². The average Bonchev–Trinajstić information content (AvgIpc) is 2.89. The van der Waals surface area contributed by atoms with Crippen LogP contribution in [0.3, 0.4) is 0 Å². The summed E-state index contributed by atoms with van der Waals surface area (Å²) in [5.74, 6) is 0.588. The number of hydrogen-bond acceptors (Lipinski definition) is 3. The lowest BCUT2D eigenvalue weighted by atomic mass is 9.98. The molecule has 4 aromatic rings. The zero-order valence-corrected chi connectivity index (χ0v) is 16.2. The first-order valence-electron chi connectivity index (χ1n) is 9.32. The Bertz CT molecular complexity index is 1290. The molecule has 0 fully saturated rings. The minimum Gasteiger partial charge on any atom is -0.488 e. The summed E-state index contributed by atoms with van der Waals surface area (Å²) in [5, 5.41) is 1.59. The first-order chi connectivity index (χ1) is 14.2. The molecule has 0 aliphatic carbocycles. The minimum atomic E-state index is -0.0183. The standard InChI is InChI=1S/C25H16ClNO2/c26-22-14-18(27-23-8-4-3-7-20(22)23)11-9-16-10-12-24-21(13-16)25(28)19-6-2-1-5-17(19)15-29-24/h1-14H,15H2. The summed E-state index contributed by atoms with van der Waals surface area (Å²) in [5.41, 5.74) is 4.67. The molecule has 3 nitrogen and oxygen atoms in total. The zero-order valence-electron chi connectivity index (χ0n) is 15.4. The number of ketones is 1. The molecule has 0 spiro atoms. The summed E-state index contributed by atoms with van der Waals surface area (Å²) >= 11 is 6.39. The van der Waals surface area contributed by atoms with E-state index in [1.54, 1.807) is 0 Å². The highest BCUT2D eigenvalue weighted by Gasteiger charge is 2.21. The second-order valence-corrected chi connectivity index (χ2v) is 7.32. The summed E-state index contributed by atoms with van der Waals surface area (Å²) in [6, 6.07) is 22.8. The van der Waals surface area contributed by atoms with E-state index in [2.05, 4.69) is 4.98 Å². The van der Waals surface area contributed by atoms with E-state index >= 15 is 0 Å². The summed E-state index contributed by atoms with van der Waals surface area (Å²) in [6.07, 6.45) is 3.83. The third-order valence-corrected chi connectivity index (χ3v) is 5.34. The van der Waals surface area contributed by atoms with Gasteiger partial charge < -0.3 is 4.74 Å². The number of para-hydroxylation sites is 1. The number of halogens is 1. The van der Waals surface area contributed by atoms with E-state index in [-0.39, 0.29) is 5.78 Å². The van der Waals surface area contributed by atoms with Gasteiger partial charge in [-0.1, -0.05) is 66.2 Å². The van der Waals surface area contributed by atoms with Crippen LogP contribution in [0.1, 0.15) is 32.7 Å². The van der Waals surface area contributed by atoms with Crippen molar-refractivity contribution in [2.45, 2.75) is 6.61 Å². The molecule has 0 unspecified atom stereocenters. The maximum Gasteiger partial charge on any atom is 0.197 e. The third-order valence-electron chi connectivity index (χ3n) is 5.03. The van der Waals surface area contributed by atoms with Crippen LogP contribution in [0, 0.1) is 0 Å². The lowest BCUT2D eigenvalue weighted by Crippen LogP contribution is -2.02. The predicted octanol–water partition coefficient (Wildman–Crippen LogP) is 6.18. The monoisotopic (exact) mass is 397 g/mol. The molecule has 140 valence electrons. The molecule has 29 heavy (non-hydrogen) atoms. The molecule has 0 amide bonds. The molecule has 0 bridgehead atoms. The Kier molecular flexibility index (Phi) is 4.38. The topological polar surface area (TPSA) is 39.2 Å². The molecule has 5 rings (SSSR count). The highest BCUT2D eigenvalue weighted by atomic mass is 35.5. The van der Waals surface area contributed by atoms with Crippen LogP contribution < -0.4 is 4.74 Å². The van der Waals surface area contributed by atoms with Crippen molar-refractivity contribution < 1.29 is 9.53 Å². The van der Waals surface area contributed by atoms with E-state index in [0.29, 0.717) is 28.5 Å². The summed E-state index contributed by atoms with van der Waals surface area (Å²) in [6.45, 7) is 0.392. The van der Waals surface area contributed by atoms with E-state index in [1.807, 2.05) is 84.9 Å². The maximum atomic E-state index is 13.0. The quantitative estimate of drug-likeness (QED) is 0.405. The molecule has 2 heterocycles. The molecule has 1 aromatic heterocycles. The van der Waals surface area contributed by atoms with Crippen LogP contribution >= 0.6 is 11.6 Å². The van der Waals surface area contributed by atoms with E-state index < -0.39 is 0 Å². The number of carbonyl (C=O) groups excluding carboxylic acids is 1. The number of fused-ring (bicyclic) bond motifs is 3. The third kappa shape index (κ3) is 3.30. The second kappa shape index (κ2) is 7.19. The van der Waals surface area contributed by atoms with Crippen LogP contribution in [0.5, 0.6) is 5.75 Å². The van der Waals surface area contributed by atoms with E-state index in [1.165, 1.54) is 0 Å². The molecular weight excluding hydrogens is 382 g/mol. The number of hydrogen-bond donors (Lipinski definition) is 0. The number of nitrogens with zero attached hydrogens (tertiary/aromatic N) is 1. The van der Waals surface area contributed by atoms with Gasteiger partial charge in [0.2, 0.25) is 0 Å². The van der Waals surface area contributed by atoms with Gasteiger partial charge in [0.15, 0.2) is 5.78 Å². The van der Waals surface area contributed by atoms with Crippen molar-refractivity contribution in [3.63, 3.8) is 0 Å². The largest absolute Gasteiger partial charge is 0.488 e. The molecule has 0 N–H and O–H groups in total. The zero-order chi connectivity index (χ0) is 19.8. The minimum absolute atomic E-state index is 0.0183. The van der Waals surface area contributed by atoms with Crippen LogP contribution in [-0.2, 0) is 6.61 Å². The van der Waals surface area contributed by atoms with Gasteiger partial charge in [0.05, 0.1) is 21.8 Å². The van der Waals surface area contributed by atoms with Crippen LogP contribution in [0.4, 0.5) is 0 Å². The molecule has 0 atom stereocenters. The van der Waals surface area contributed by atoms with Gasteiger partial charge >= 0.3 is 0 Å². The number of rotatable bonds is 2. The lowest BCUT2D eigenvalue weighted by molar-refractivity contribution is 0.103. The SMILES string of the molecule is O=C1c2ccccc2COc2ccc(C=Cc3cc(Cl)c4ccccc4n3)cc21. The lowest BCUT2D eigenvalue weighted by Gasteiger charge is -2.07. The second-order valence-electron chi connectivity index (χ2n) is 6.91. The Morgan fingerprint density at radius 1 is 0.897 bits per heavy atom. The Hall–Kier alpha value is -3.43. The van der Waals surface area contributed by atoms with Crippen LogP contribution in [0.25, 0.3) is 23.1 Å². The predicted molar refractivity (Wildman–Crippen MR) is 116 cm³/mol. The molecular formula is C25H16ClNO2. The van der Waals surface area contributed by atoms with Crippen LogP contribution in [0.15, 0.2) is 72.8 Å². The van der Waals surface area contributed by atoms with Crippen molar-refractivity contribution in [1.29, 1.82) is 0 Å². The Morgan fingerprint density at radius 2 is 1.72 bits per heavy atom. The fraction of sp³-hybridized carbons (Fsp3) is 0.0400. The van der Waals surface area contributed by atoms with Crippen molar-refractivity contribution in [2.24, 2.45) is 0 Å². The number of benzene rings is 3. The Morgan fingerprint density at radius 3 is 2.66 bits per heavy atom. The van der Waals surface area contributed by atoms with Gasteiger partial charge in [-0.15, -0.1) is 0 Å². The van der Waals surface area contributed by atoms with Gasteiger partial charge in [0.25, 0.3) is 0 Å². The molecule has 3 aromatic carbocycles. The van der Waals surface area contributed by atoms with Crippen molar-refractivity contribution >= 4 is 40.4 Å². The summed E-state index contributed by atoms with van der Waals surface area (Å²) in [7, 11) is 0. The highest BCUT2D eigenvalue weighted by molar-refractivity contribution is 6.35. The molecule has 1 aliphatic heterocycles. The first-order valence-corrected chi connectivity index (χ1v) is 9.70. The fourth-order valence-electron chi connectivity index (χ4n) is 3.54. The van der Waals surface area contributed by atoms with Gasteiger partial charge in [-0.2, -0.15) is 0 Å². The first kappa shape index (κ1) is 17.7. The van der Waals surface area contributed by atoms with Gasteiger partial charge in [0.1, 0.15) is 12.4 Å². The van der Waals surface area contributed by atoms with Crippen LogP contribution in [-0.4, -0.2) is 10.8 Å². The fourth-order valence-corrected chi connectivity index (χ4v) is 3.81. The summed E-state index contributed by atoms with van der Waals surface area (Å²) in [4.78, 5) is 17.6. The normalized spacial score (nSPS) is 13.1. The van der Waals surface area contributed by atoms with Crippen molar-refractivity contribution in [2.75, 3.05) is 0 Å². The maximum absolute atomic E-state index is 13.0. The van der Waals surface area contributed by atoms with Crippen molar-refractivity contribution in [3.8, 4) is 5.75 Å².